The number of halogens is 1. The lowest BCUT2D eigenvalue weighted by Crippen LogP contribution is -2.59. The maximum absolute atomic E-state index is 10.7. The summed E-state index contributed by atoms with van der Waals surface area (Å²) in [5, 5.41) is 50.4. The van der Waals surface area contributed by atoms with E-state index in [9.17, 15) is 25.5 Å². The van der Waals surface area contributed by atoms with Gasteiger partial charge in [-0.2, -0.15) is 0 Å². The Kier molecular flexibility index (Phi) is 6.12. The maximum atomic E-state index is 10.7. The Morgan fingerprint density at radius 2 is 1.78 bits per heavy atom. The molecule has 7 nitrogen and oxygen atoms in total. The number of nitrogens with zero attached hydrogens (tertiary/aromatic N) is 1. The van der Waals surface area contributed by atoms with Crippen LogP contribution in [0.15, 0.2) is 36.5 Å². The van der Waals surface area contributed by atoms with Crippen molar-refractivity contribution in [2.75, 3.05) is 6.61 Å². The number of hydrogen-bond acceptors (Lipinski definition) is 7. The molecule has 2 heterocycles. The summed E-state index contributed by atoms with van der Waals surface area (Å²) in [5.41, 5.74) is 2.99. The number of aliphatic hydroxyl groups is 5. The summed E-state index contributed by atoms with van der Waals surface area (Å²) < 4.78 is 5.45. The van der Waals surface area contributed by atoms with E-state index >= 15 is 0 Å². The van der Waals surface area contributed by atoms with E-state index in [-0.39, 0.29) is 0 Å². The van der Waals surface area contributed by atoms with Crippen LogP contribution in [0.2, 0.25) is 5.15 Å². The molecule has 0 saturated carbocycles. The third-order valence-corrected chi connectivity index (χ3v) is 5.10. The van der Waals surface area contributed by atoms with Crippen LogP contribution in [-0.4, -0.2) is 67.6 Å². The van der Waals surface area contributed by atoms with E-state index in [1.54, 1.807) is 31.3 Å². The second-order valence-electron chi connectivity index (χ2n) is 6.68. The van der Waals surface area contributed by atoms with E-state index in [2.05, 4.69) is 4.98 Å². The van der Waals surface area contributed by atoms with Crippen molar-refractivity contribution < 1.29 is 30.3 Å². The zero-order valence-corrected chi connectivity index (χ0v) is 15.4. The van der Waals surface area contributed by atoms with Crippen LogP contribution in [-0.2, 0) is 4.74 Å². The first-order valence-electron chi connectivity index (χ1n) is 8.54. The Morgan fingerprint density at radius 1 is 1.07 bits per heavy atom. The van der Waals surface area contributed by atoms with Crippen molar-refractivity contribution in [3.8, 4) is 11.1 Å². The van der Waals surface area contributed by atoms with Gasteiger partial charge in [0.1, 0.15) is 41.8 Å². The molecule has 1 saturated heterocycles. The average molecular weight is 396 g/mol. The van der Waals surface area contributed by atoms with Gasteiger partial charge in [0.25, 0.3) is 0 Å². The number of pyridine rings is 1. The molecule has 1 fully saturated rings. The fourth-order valence-electron chi connectivity index (χ4n) is 3.34. The van der Waals surface area contributed by atoms with E-state index in [1.807, 2.05) is 12.1 Å². The summed E-state index contributed by atoms with van der Waals surface area (Å²) in [7, 11) is 0. The molecule has 146 valence electrons. The molecule has 2 unspecified atom stereocenters. The highest BCUT2D eigenvalue weighted by molar-refractivity contribution is 6.29. The van der Waals surface area contributed by atoms with E-state index in [0.717, 1.165) is 16.7 Å². The van der Waals surface area contributed by atoms with Crippen LogP contribution in [0.5, 0.6) is 0 Å². The third kappa shape index (κ3) is 4.00. The van der Waals surface area contributed by atoms with Gasteiger partial charge in [-0.1, -0.05) is 29.8 Å². The van der Waals surface area contributed by atoms with Gasteiger partial charge in [0.15, 0.2) is 0 Å². The van der Waals surface area contributed by atoms with Gasteiger partial charge in [-0.05, 0) is 41.3 Å². The molecule has 0 bridgehead atoms. The Bertz CT molecular complexity index is 802. The van der Waals surface area contributed by atoms with E-state index < -0.39 is 43.2 Å². The van der Waals surface area contributed by atoms with Crippen LogP contribution < -0.4 is 0 Å². The van der Waals surface area contributed by atoms with Crippen LogP contribution in [0.4, 0.5) is 0 Å². The van der Waals surface area contributed by atoms with Crippen molar-refractivity contribution in [2.45, 2.75) is 43.5 Å². The van der Waals surface area contributed by atoms with Crippen LogP contribution in [0.3, 0.4) is 0 Å². The van der Waals surface area contributed by atoms with Crippen molar-refractivity contribution in [2.24, 2.45) is 0 Å². The molecular formula is C19H22ClNO6. The fourth-order valence-corrected chi connectivity index (χ4v) is 3.51. The Labute approximate surface area is 161 Å². The first kappa shape index (κ1) is 20.2. The summed E-state index contributed by atoms with van der Waals surface area (Å²) in [6, 6.07) is 8.89. The minimum atomic E-state index is -1.53. The van der Waals surface area contributed by atoms with Gasteiger partial charge in [-0.15, -0.1) is 0 Å². The van der Waals surface area contributed by atoms with Crippen molar-refractivity contribution in [1.29, 1.82) is 0 Å². The van der Waals surface area contributed by atoms with E-state index in [0.29, 0.717) is 10.7 Å². The molecule has 27 heavy (non-hydrogen) atoms. The molecule has 0 spiro atoms. The van der Waals surface area contributed by atoms with E-state index in [1.165, 1.54) is 0 Å². The van der Waals surface area contributed by atoms with Crippen molar-refractivity contribution in [3.63, 3.8) is 0 Å². The number of aliphatic hydroxyl groups excluding tert-OH is 5. The highest BCUT2D eigenvalue weighted by atomic mass is 35.5. The Morgan fingerprint density at radius 3 is 2.41 bits per heavy atom. The topological polar surface area (TPSA) is 123 Å². The maximum Gasteiger partial charge on any atom is 0.129 e. The van der Waals surface area contributed by atoms with Gasteiger partial charge in [-0.3, -0.25) is 0 Å². The lowest BCUT2D eigenvalue weighted by Gasteiger charge is -2.42. The van der Waals surface area contributed by atoms with Crippen molar-refractivity contribution in [1.82, 2.24) is 4.98 Å². The number of benzene rings is 1. The van der Waals surface area contributed by atoms with Gasteiger partial charge in [-0.25, -0.2) is 4.98 Å². The minimum absolute atomic E-state index is 0.371. The molecule has 1 aliphatic rings. The normalized spacial score (nSPS) is 29.5. The molecule has 1 aliphatic heterocycles. The molecule has 6 atom stereocenters. The first-order valence-corrected chi connectivity index (χ1v) is 8.92. The molecule has 5 N–H and O–H groups in total. The minimum Gasteiger partial charge on any atom is -0.394 e. The van der Waals surface area contributed by atoms with Gasteiger partial charge in [0.05, 0.1) is 6.61 Å². The zero-order chi connectivity index (χ0) is 19.7. The molecule has 0 radical (unpaired) electrons. The van der Waals surface area contributed by atoms with Crippen LogP contribution in [0.1, 0.15) is 17.2 Å². The molecule has 3 rings (SSSR count). The number of aromatic nitrogens is 1. The lowest BCUT2D eigenvalue weighted by atomic mass is 9.88. The predicted octanol–water partition coefficient (Wildman–Crippen LogP) is 0.586. The monoisotopic (exact) mass is 395 g/mol. The number of aryl methyl sites for hydroxylation is 1. The number of hydrogen-bond donors (Lipinski definition) is 5. The number of rotatable bonds is 4. The largest absolute Gasteiger partial charge is 0.394 e. The van der Waals surface area contributed by atoms with Crippen LogP contribution in [0, 0.1) is 6.92 Å². The first-order chi connectivity index (χ1) is 12.8. The third-order valence-electron chi connectivity index (χ3n) is 4.89. The molecule has 2 aromatic rings. The summed E-state index contributed by atoms with van der Waals surface area (Å²) in [6.07, 6.45) is -6.42. The lowest BCUT2D eigenvalue weighted by molar-refractivity contribution is -0.250. The molecule has 0 aliphatic carbocycles. The standard InChI is InChI=1S/C19H22ClNO6/c1-9-6-10(11-4-5-21-14(20)7-11)2-3-12(9)15(23)19-18(26)17(25)16(24)13(8-22)27-19/h2-7,13,15-19,22-26H,8H2,1H3/t13?,15-,16-,17+,18?,19-/m1/s1. The summed E-state index contributed by atoms with van der Waals surface area (Å²) in [5.74, 6) is 0. The quantitative estimate of drug-likeness (QED) is 0.480. The molecular weight excluding hydrogens is 374 g/mol. The fraction of sp³-hybridized carbons (Fsp3) is 0.421. The second kappa shape index (κ2) is 8.20. The van der Waals surface area contributed by atoms with Crippen LogP contribution in [0.25, 0.3) is 11.1 Å². The van der Waals surface area contributed by atoms with Crippen LogP contribution >= 0.6 is 11.6 Å². The molecule has 0 amide bonds. The second-order valence-corrected chi connectivity index (χ2v) is 7.06. The Hall–Kier alpha value is -1.58. The highest BCUT2D eigenvalue weighted by Crippen LogP contribution is 2.33. The van der Waals surface area contributed by atoms with Crippen molar-refractivity contribution in [3.05, 3.63) is 52.8 Å². The highest BCUT2D eigenvalue weighted by Gasteiger charge is 2.46. The van der Waals surface area contributed by atoms with Gasteiger partial charge >= 0.3 is 0 Å². The average Bonchev–Trinajstić information content (AvgIpc) is 2.66. The van der Waals surface area contributed by atoms with Gasteiger partial charge < -0.3 is 30.3 Å². The van der Waals surface area contributed by atoms with Crippen molar-refractivity contribution >= 4 is 11.6 Å². The number of ether oxygens (including phenoxy) is 1. The smallest absolute Gasteiger partial charge is 0.129 e. The summed E-state index contributed by atoms with van der Waals surface area (Å²) >= 11 is 5.93. The summed E-state index contributed by atoms with van der Waals surface area (Å²) in [4.78, 5) is 3.95. The Balaban J connectivity index is 1.87. The van der Waals surface area contributed by atoms with E-state index in [4.69, 9.17) is 16.3 Å². The van der Waals surface area contributed by atoms with Gasteiger partial charge in [0.2, 0.25) is 0 Å². The molecule has 1 aromatic heterocycles. The molecule has 1 aromatic carbocycles. The zero-order valence-electron chi connectivity index (χ0n) is 14.6. The SMILES string of the molecule is Cc1cc(-c2ccnc(Cl)c2)ccc1[C@@H](O)[C@H]1OC(CO)[C@@H](O)[C@H](O)C1O. The summed E-state index contributed by atoms with van der Waals surface area (Å²) in [6.45, 7) is 1.25. The molecule has 8 heteroatoms. The predicted molar refractivity (Wildman–Crippen MR) is 98.1 cm³/mol. The van der Waals surface area contributed by atoms with Gasteiger partial charge in [0, 0.05) is 6.20 Å².